The molecule has 0 saturated heterocycles. The topological polar surface area (TPSA) is 63.4 Å². The first-order valence-corrected chi connectivity index (χ1v) is 4.51. The van der Waals surface area contributed by atoms with E-state index in [2.05, 4.69) is 0 Å². The van der Waals surface area contributed by atoms with Crippen LogP contribution in [-0.4, -0.2) is 10.0 Å². The van der Waals surface area contributed by atoms with Crippen LogP contribution in [0.5, 0.6) is 0 Å². The highest BCUT2D eigenvalue weighted by Gasteiger charge is 2.42. The molecule has 1 fully saturated rings. The Bertz CT molecular complexity index is 396. The maximum atomic E-state index is 10.5. The Balaban J connectivity index is 2.40. The molecule has 0 aromatic heterocycles. The highest BCUT2D eigenvalue weighted by molar-refractivity contribution is 5.44. The fraction of sp³-hybridized carbons (Fsp3) is 0.400. The molecule has 0 bridgehead atoms. The highest BCUT2D eigenvalue weighted by Crippen LogP contribution is 2.45. The molecule has 1 aromatic carbocycles. The molecule has 4 nitrogen and oxygen atoms in total. The molecular formula is C10H11NO3. The van der Waals surface area contributed by atoms with Crippen LogP contribution in [0.15, 0.2) is 18.2 Å². The van der Waals surface area contributed by atoms with Gasteiger partial charge >= 0.3 is 0 Å². The molecule has 0 unspecified atom stereocenters. The van der Waals surface area contributed by atoms with E-state index in [9.17, 15) is 15.2 Å². The van der Waals surface area contributed by atoms with Gasteiger partial charge in [0.2, 0.25) is 0 Å². The summed E-state index contributed by atoms with van der Waals surface area (Å²) in [6, 6.07) is 4.80. The zero-order valence-corrected chi connectivity index (χ0v) is 7.86. The summed E-state index contributed by atoms with van der Waals surface area (Å²) in [5.74, 6) is 0. The Morgan fingerprint density at radius 2 is 2.14 bits per heavy atom. The van der Waals surface area contributed by atoms with Gasteiger partial charge in [-0.2, -0.15) is 0 Å². The van der Waals surface area contributed by atoms with E-state index in [1.165, 1.54) is 6.07 Å². The molecule has 1 N–H and O–H groups in total. The smallest absolute Gasteiger partial charge is 0.272 e. The average molecular weight is 193 g/mol. The Hall–Kier alpha value is -1.42. The van der Waals surface area contributed by atoms with E-state index in [4.69, 9.17) is 0 Å². The minimum atomic E-state index is -0.708. The van der Waals surface area contributed by atoms with Crippen LogP contribution in [0.3, 0.4) is 0 Å². The molecule has 0 heterocycles. The van der Waals surface area contributed by atoms with Gasteiger partial charge in [-0.05, 0) is 37.5 Å². The molecule has 14 heavy (non-hydrogen) atoms. The summed E-state index contributed by atoms with van der Waals surface area (Å²) < 4.78 is 0. The largest absolute Gasteiger partial charge is 0.385 e. The summed E-state index contributed by atoms with van der Waals surface area (Å²) in [7, 11) is 0. The van der Waals surface area contributed by atoms with Gasteiger partial charge in [0.05, 0.1) is 10.5 Å². The van der Waals surface area contributed by atoms with Gasteiger partial charge in [0.25, 0.3) is 5.69 Å². The first-order chi connectivity index (χ1) is 6.53. The second-order valence-electron chi connectivity index (χ2n) is 3.79. The average Bonchev–Trinajstić information content (AvgIpc) is 2.84. The third kappa shape index (κ3) is 1.37. The van der Waals surface area contributed by atoms with Crippen molar-refractivity contribution in [2.75, 3.05) is 0 Å². The van der Waals surface area contributed by atoms with Crippen LogP contribution in [0.1, 0.15) is 24.0 Å². The van der Waals surface area contributed by atoms with E-state index in [1.54, 1.807) is 19.1 Å². The Kier molecular flexibility index (Phi) is 1.82. The maximum absolute atomic E-state index is 10.5. The van der Waals surface area contributed by atoms with Crippen molar-refractivity contribution in [3.05, 3.63) is 39.4 Å². The lowest BCUT2D eigenvalue weighted by Crippen LogP contribution is -2.05. The molecule has 2 rings (SSSR count). The molecule has 1 aliphatic rings. The number of aliphatic hydroxyl groups is 1. The molecule has 0 radical (unpaired) electrons. The van der Waals surface area contributed by atoms with Crippen LogP contribution in [0.25, 0.3) is 0 Å². The summed E-state index contributed by atoms with van der Waals surface area (Å²) >= 11 is 0. The fourth-order valence-corrected chi connectivity index (χ4v) is 1.56. The lowest BCUT2D eigenvalue weighted by molar-refractivity contribution is -0.385. The molecule has 74 valence electrons. The number of hydrogen-bond donors (Lipinski definition) is 1. The minimum Gasteiger partial charge on any atom is -0.385 e. The van der Waals surface area contributed by atoms with Gasteiger partial charge in [-0.3, -0.25) is 10.1 Å². The SMILES string of the molecule is Cc1cc(C2(O)CC2)ccc1[N+](=O)[O-]. The van der Waals surface area contributed by atoms with Gasteiger partial charge in [-0.25, -0.2) is 0 Å². The van der Waals surface area contributed by atoms with Gasteiger partial charge in [-0.15, -0.1) is 0 Å². The van der Waals surface area contributed by atoms with E-state index >= 15 is 0 Å². The van der Waals surface area contributed by atoms with Crippen molar-refractivity contribution >= 4 is 5.69 Å². The lowest BCUT2D eigenvalue weighted by Gasteiger charge is -2.08. The van der Waals surface area contributed by atoms with E-state index < -0.39 is 10.5 Å². The Morgan fingerprint density at radius 3 is 2.57 bits per heavy atom. The number of nitro benzene ring substituents is 1. The van der Waals surface area contributed by atoms with Gasteiger partial charge in [0, 0.05) is 11.6 Å². The third-order valence-electron chi connectivity index (χ3n) is 2.65. The van der Waals surface area contributed by atoms with Crippen LogP contribution in [0.2, 0.25) is 0 Å². The van der Waals surface area contributed by atoms with Gasteiger partial charge < -0.3 is 5.11 Å². The second-order valence-corrected chi connectivity index (χ2v) is 3.79. The van der Waals surface area contributed by atoms with Crippen molar-refractivity contribution in [3.8, 4) is 0 Å². The summed E-state index contributed by atoms with van der Waals surface area (Å²) in [5.41, 5.74) is 0.798. The molecule has 1 aliphatic carbocycles. The van der Waals surface area contributed by atoms with Gasteiger partial charge in [-0.1, -0.05) is 0 Å². The fourth-order valence-electron chi connectivity index (χ4n) is 1.56. The first kappa shape index (κ1) is 9.15. The number of rotatable bonds is 2. The van der Waals surface area contributed by atoms with Crippen LogP contribution >= 0.6 is 0 Å². The zero-order valence-electron chi connectivity index (χ0n) is 7.86. The van der Waals surface area contributed by atoms with Crippen LogP contribution in [-0.2, 0) is 5.60 Å². The molecule has 1 saturated carbocycles. The van der Waals surface area contributed by atoms with Crippen LogP contribution in [0.4, 0.5) is 5.69 Å². The van der Waals surface area contributed by atoms with Crippen molar-refractivity contribution in [3.63, 3.8) is 0 Å². The van der Waals surface area contributed by atoms with E-state index in [0.717, 1.165) is 18.4 Å². The third-order valence-corrected chi connectivity index (χ3v) is 2.65. The summed E-state index contributed by atoms with van der Waals surface area (Å²) in [5, 5.41) is 20.3. The van der Waals surface area contributed by atoms with Crippen LogP contribution < -0.4 is 0 Å². The van der Waals surface area contributed by atoms with Crippen molar-refractivity contribution < 1.29 is 10.0 Å². The first-order valence-electron chi connectivity index (χ1n) is 4.51. The van der Waals surface area contributed by atoms with Crippen molar-refractivity contribution in [2.45, 2.75) is 25.4 Å². The van der Waals surface area contributed by atoms with E-state index in [-0.39, 0.29) is 5.69 Å². The predicted molar refractivity (Wildman–Crippen MR) is 51.0 cm³/mol. The Morgan fingerprint density at radius 1 is 1.50 bits per heavy atom. The number of nitrogens with zero attached hydrogens (tertiary/aromatic N) is 1. The maximum Gasteiger partial charge on any atom is 0.272 e. The molecule has 4 heteroatoms. The Labute approximate surface area is 81.3 Å². The molecule has 0 aliphatic heterocycles. The monoisotopic (exact) mass is 193 g/mol. The standard InChI is InChI=1S/C10H11NO3/c1-7-6-8(10(12)4-5-10)2-3-9(7)11(13)14/h2-3,6,12H,4-5H2,1H3. The summed E-state index contributed by atoms with van der Waals surface area (Å²) in [4.78, 5) is 10.1. The molecular weight excluding hydrogens is 182 g/mol. The lowest BCUT2D eigenvalue weighted by atomic mass is 10.0. The number of aryl methyl sites for hydroxylation is 1. The second kappa shape index (κ2) is 2.78. The van der Waals surface area contributed by atoms with Gasteiger partial charge in [0.15, 0.2) is 0 Å². The molecule has 0 amide bonds. The highest BCUT2D eigenvalue weighted by atomic mass is 16.6. The van der Waals surface area contributed by atoms with E-state index in [0.29, 0.717) is 5.56 Å². The molecule has 0 atom stereocenters. The summed E-state index contributed by atoms with van der Waals surface area (Å²) in [6.45, 7) is 1.69. The molecule has 1 aromatic rings. The van der Waals surface area contributed by atoms with Crippen molar-refractivity contribution in [1.29, 1.82) is 0 Å². The van der Waals surface area contributed by atoms with Gasteiger partial charge in [0.1, 0.15) is 0 Å². The minimum absolute atomic E-state index is 0.109. The predicted octanol–water partition coefficient (Wildman–Crippen LogP) is 1.88. The van der Waals surface area contributed by atoms with E-state index in [1.807, 2.05) is 0 Å². The normalized spacial score (nSPS) is 17.9. The molecule has 0 spiro atoms. The number of benzene rings is 1. The quantitative estimate of drug-likeness (QED) is 0.576. The van der Waals surface area contributed by atoms with Crippen molar-refractivity contribution in [1.82, 2.24) is 0 Å². The van der Waals surface area contributed by atoms with Crippen molar-refractivity contribution in [2.24, 2.45) is 0 Å². The van der Waals surface area contributed by atoms with Crippen LogP contribution in [0, 0.1) is 17.0 Å². The summed E-state index contributed by atoms with van der Waals surface area (Å²) in [6.07, 6.45) is 1.51. The zero-order chi connectivity index (χ0) is 10.3. The number of hydrogen-bond acceptors (Lipinski definition) is 3. The number of nitro groups is 1.